The highest BCUT2D eigenvalue weighted by atomic mass is 35.5. The number of halogens is 4. The lowest BCUT2D eigenvalue weighted by atomic mass is 10.3. The highest BCUT2D eigenvalue weighted by Crippen LogP contribution is 2.32. The number of rotatable bonds is 7. The van der Waals surface area contributed by atoms with E-state index in [1.807, 2.05) is 0 Å². The first kappa shape index (κ1) is 33.1. The highest BCUT2D eigenvalue weighted by molar-refractivity contribution is 6.40. The third kappa shape index (κ3) is 13.9. The second-order valence-electron chi connectivity index (χ2n) is 5.84. The van der Waals surface area contributed by atoms with Crippen molar-refractivity contribution in [3.8, 4) is 0 Å². The summed E-state index contributed by atoms with van der Waals surface area (Å²) in [6.07, 6.45) is 0.537. The minimum atomic E-state index is -0.835. The molecule has 0 radical (unpaired) electrons. The summed E-state index contributed by atoms with van der Waals surface area (Å²) < 4.78 is 13.5. The maximum Gasteiger partial charge on any atom is 0.412 e. The molecule has 196 valence electrons. The summed E-state index contributed by atoms with van der Waals surface area (Å²) in [6.45, 7) is 2.91. The van der Waals surface area contributed by atoms with Crippen molar-refractivity contribution >= 4 is 81.9 Å². The summed E-state index contributed by atoms with van der Waals surface area (Å²) in [5, 5.41) is 11.6. The Labute approximate surface area is 227 Å². The molecule has 0 unspecified atom stereocenters. The van der Waals surface area contributed by atoms with Crippen molar-refractivity contribution < 1.29 is 38.5 Å². The van der Waals surface area contributed by atoms with Crippen molar-refractivity contribution in [2.75, 3.05) is 31.7 Å². The highest BCUT2D eigenvalue weighted by Gasteiger charge is 2.12. The Morgan fingerprint density at radius 2 is 1.33 bits per heavy atom. The first-order valence-electron chi connectivity index (χ1n) is 9.92. The van der Waals surface area contributed by atoms with Crippen molar-refractivity contribution in [1.82, 2.24) is 0 Å². The fourth-order valence-electron chi connectivity index (χ4n) is 1.93. The van der Waals surface area contributed by atoms with Crippen LogP contribution in [0.25, 0.3) is 0 Å². The molecule has 0 spiro atoms. The monoisotopic (exact) mass is 582 g/mol. The Hall–Kier alpha value is -2.85. The van der Waals surface area contributed by atoms with Gasteiger partial charge < -0.3 is 19.3 Å². The topological polar surface area (TPSA) is 141 Å². The smallest absolute Gasteiger partial charge is 0.412 e. The normalized spacial score (nSPS) is 9.19. The standard InChI is InChI=1S/C11H11Cl2NO4.C7H3Cl2NO.C4H8O3/c1-2-17-9(15)6-18-11(16)14-10-7(12)4-3-5-8(10)13;8-5-2-1-3-6(9)7(5)10-4-11;1-2-7-4(6)3-5/h3-5H,2,6H2,1H3,(H,14,16);1-3H;5H,2-3H2,1H3. The number of nitrogens with one attached hydrogen (secondary N) is 1. The first-order valence-corrected chi connectivity index (χ1v) is 11.4. The molecular weight excluding hydrogens is 562 g/mol. The number of nitrogens with zero attached hydrogens (tertiary/aromatic N) is 1. The van der Waals surface area contributed by atoms with E-state index < -0.39 is 31.2 Å². The number of amides is 1. The number of aliphatic imine (C=N–C) groups is 1. The van der Waals surface area contributed by atoms with E-state index in [2.05, 4.69) is 24.5 Å². The molecule has 0 heterocycles. The molecule has 2 N–H and O–H groups in total. The van der Waals surface area contributed by atoms with Crippen LogP contribution in [0.5, 0.6) is 0 Å². The minimum Gasteiger partial charge on any atom is -0.464 e. The molecule has 0 atom stereocenters. The summed E-state index contributed by atoms with van der Waals surface area (Å²) in [4.78, 5) is 45.5. The van der Waals surface area contributed by atoms with Gasteiger partial charge in [0.2, 0.25) is 6.08 Å². The number of aliphatic hydroxyl groups is 1. The van der Waals surface area contributed by atoms with E-state index in [9.17, 15) is 19.2 Å². The average Bonchev–Trinajstić information content (AvgIpc) is 2.84. The van der Waals surface area contributed by atoms with Gasteiger partial charge in [-0.25, -0.2) is 19.2 Å². The Balaban J connectivity index is 0.000000576. The molecule has 0 aliphatic heterocycles. The maximum atomic E-state index is 11.4. The average molecular weight is 584 g/mol. The number of para-hydroxylation sites is 2. The largest absolute Gasteiger partial charge is 0.464 e. The number of ether oxygens (including phenoxy) is 3. The lowest BCUT2D eigenvalue weighted by molar-refractivity contribution is -0.147. The molecule has 14 heteroatoms. The molecule has 10 nitrogen and oxygen atoms in total. The van der Waals surface area contributed by atoms with Gasteiger partial charge >= 0.3 is 18.0 Å². The first-order chi connectivity index (χ1) is 17.1. The van der Waals surface area contributed by atoms with Gasteiger partial charge in [0.15, 0.2) is 6.61 Å². The minimum absolute atomic E-state index is 0.222. The molecule has 2 aromatic carbocycles. The van der Waals surface area contributed by atoms with Crippen molar-refractivity contribution in [3.05, 3.63) is 56.5 Å². The number of carbonyl (C=O) groups excluding carboxylic acids is 4. The van der Waals surface area contributed by atoms with Gasteiger partial charge in [0, 0.05) is 0 Å². The van der Waals surface area contributed by atoms with Gasteiger partial charge in [-0.3, -0.25) is 5.32 Å². The second kappa shape index (κ2) is 19.4. The summed E-state index contributed by atoms with van der Waals surface area (Å²) in [5.41, 5.74) is 0.500. The van der Waals surface area contributed by atoms with Crippen LogP contribution in [-0.2, 0) is 28.6 Å². The van der Waals surface area contributed by atoms with E-state index in [1.54, 1.807) is 50.2 Å². The van der Waals surface area contributed by atoms with Crippen LogP contribution < -0.4 is 5.32 Å². The lowest BCUT2D eigenvalue weighted by Crippen LogP contribution is -2.20. The molecule has 0 aliphatic rings. The number of hydrogen-bond donors (Lipinski definition) is 2. The molecule has 1 amide bonds. The summed E-state index contributed by atoms with van der Waals surface area (Å²) in [5.74, 6) is -1.19. The van der Waals surface area contributed by atoms with Gasteiger partial charge in [0.25, 0.3) is 0 Å². The van der Waals surface area contributed by atoms with E-state index in [1.165, 1.54) is 6.08 Å². The number of benzene rings is 2. The van der Waals surface area contributed by atoms with E-state index in [0.717, 1.165) is 0 Å². The van der Waals surface area contributed by atoms with Crippen molar-refractivity contribution in [3.63, 3.8) is 0 Å². The summed E-state index contributed by atoms with van der Waals surface area (Å²) in [6, 6.07) is 9.64. The number of aliphatic hydroxyl groups excluding tert-OH is 1. The SMILES string of the molecule is CCOC(=O)CO.CCOC(=O)COC(=O)Nc1c(Cl)cccc1Cl.O=C=Nc1c(Cl)cccc1Cl. The van der Waals surface area contributed by atoms with Crippen LogP contribution >= 0.6 is 46.4 Å². The van der Waals surface area contributed by atoms with Crippen molar-refractivity contribution in [1.29, 1.82) is 0 Å². The van der Waals surface area contributed by atoms with Gasteiger partial charge in [-0.15, -0.1) is 0 Å². The van der Waals surface area contributed by atoms with Crippen LogP contribution in [0.4, 0.5) is 16.2 Å². The summed E-state index contributed by atoms with van der Waals surface area (Å²) >= 11 is 23.0. The zero-order valence-electron chi connectivity index (χ0n) is 19.1. The molecule has 2 aromatic rings. The van der Waals surface area contributed by atoms with Crippen LogP contribution in [0.1, 0.15) is 13.8 Å². The maximum absolute atomic E-state index is 11.4. The second-order valence-corrected chi connectivity index (χ2v) is 7.47. The van der Waals surface area contributed by atoms with Crippen LogP contribution in [0.3, 0.4) is 0 Å². The van der Waals surface area contributed by atoms with Crippen LogP contribution in [0.2, 0.25) is 20.1 Å². The van der Waals surface area contributed by atoms with Crippen molar-refractivity contribution in [2.45, 2.75) is 13.8 Å². The molecule has 0 fully saturated rings. The van der Waals surface area contributed by atoms with Crippen LogP contribution in [-0.4, -0.2) is 55.6 Å². The van der Waals surface area contributed by atoms with Gasteiger partial charge in [0.1, 0.15) is 12.3 Å². The Morgan fingerprint density at radius 3 is 1.75 bits per heavy atom. The molecule has 0 aromatic heterocycles. The molecule has 2 rings (SSSR count). The Bertz CT molecular complexity index is 1020. The van der Waals surface area contributed by atoms with Gasteiger partial charge in [0.05, 0.1) is 39.0 Å². The van der Waals surface area contributed by atoms with Crippen LogP contribution in [0.15, 0.2) is 41.4 Å². The zero-order chi connectivity index (χ0) is 27.5. The van der Waals surface area contributed by atoms with E-state index >= 15 is 0 Å². The fourth-order valence-corrected chi connectivity index (χ4v) is 2.90. The van der Waals surface area contributed by atoms with Gasteiger partial charge in [-0.2, -0.15) is 4.99 Å². The third-order valence-corrected chi connectivity index (χ3v) is 4.59. The fraction of sp³-hybridized carbons (Fsp3) is 0.273. The molecular formula is C22H22Cl4N2O8. The summed E-state index contributed by atoms with van der Waals surface area (Å²) in [7, 11) is 0. The lowest BCUT2D eigenvalue weighted by Gasteiger charge is -2.09. The predicted molar refractivity (Wildman–Crippen MR) is 136 cm³/mol. The third-order valence-electron chi connectivity index (χ3n) is 3.35. The van der Waals surface area contributed by atoms with E-state index in [-0.39, 0.29) is 28.0 Å². The number of esters is 2. The van der Waals surface area contributed by atoms with Crippen molar-refractivity contribution in [2.24, 2.45) is 4.99 Å². The zero-order valence-corrected chi connectivity index (χ0v) is 22.1. The molecule has 0 aliphatic carbocycles. The predicted octanol–water partition coefficient (Wildman–Crippen LogP) is 5.61. The molecule has 0 saturated heterocycles. The molecule has 0 saturated carbocycles. The Morgan fingerprint density at radius 1 is 0.861 bits per heavy atom. The number of carbonyl (C=O) groups is 3. The van der Waals surface area contributed by atoms with Crippen LogP contribution in [0, 0.1) is 0 Å². The molecule has 36 heavy (non-hydrogen) atoms. The van der Waals surface area contributed by atoms with Gasteiger partial charge in [-0.05, 0) is 38.1 Å². The van der Waals surface area contributed by atoms with E-state index in [4.69, 9.17) is 51.5 Å². The number of isocyanates is 1. The van der Waals surface area contributed by atoms with E-state index in [0.29, 0.717) is 16.7 Å². The molecule has 0 bridgehead atoms. The quantitative estimate of drug-likeness (QED) is 0.185. The van der Waals surface area contributed by atoms with Gasteiger partial charge in [-0.1, -0.05) is 58.5 Å². The number of anilines is 1. The number of hydrogen-bond acceptors (Lipinski definition) is 9. The Kier molecular flexibility index (Phi) is 17.8.